The van der Waals surface area contributed by atoms with Crippen LogP contribution in [0.25, 0.3) is 0 Å². The molecular formula is C16H26N2O. The molecule has 0 aromatic heterocycles. The van der Waals surface area contributed by atoms with Crippen molar-refractivity contribution in [3.05, 3.63) is 35.4 Å². The summed E-state index contributed by atoms with van der Waals surface area (Å²) in [5, 5.41) is 6.06. The van der Waals surface area contributed by atoms with Gasteiger partial charge in [-0.3, -0.25) is 4.79 Å². The number of hydrogen-bond acceptors (Lipinski definition) is 2. The molecule has 0 spiro atoms. The second-order valence-corrected chi connectivity index (χ2v) is 5.03. The number of nitrogens with one attached hydrogen (secondary N) is 2. The number of amides is 1. The highest BCUT2D eigenvalue weighted by molar-refractivity contribution is 5.76. The molecule has 1 rings (SSSR count). The molecule has 0 heterocycles. The number of carbonyl (C=O) groups is 1. The van der Waals surface area contributed by atoms with Crippen molar-refractivity contribution in [1.29, 1.82) is 0 Å². The zero-order valence-corrected chi connectivity index (χ0v) is 12.3. The maximum atomic E-state index is 11.9. The first-order valence-corrected chi connectivity index (χ1v) is 7.15. The van der Waals surface area contributed by atoms with Crippen LogP contribution < -0.4 is 10.6 Å². The summed E-state index contributed by atoms with van der Waals surface area (Å²) in [6.07, 6.45) is 2.55. The third-order valence-corrected chi connectivity index (χ3v) is 3.40. The number of hydrogen-bond donors (Lipinski definition) is 2. The minimum Gasteiger partial charge on any atom is -0.356 e. The van der Waals surface area contributed by atoms with Crippen LogP contribution in [0.3, 0.4) is 0 Å². The van der Waals surface area contributed by atoms with Gasteiger partial charge < -0.3 is 10.6 Å². The molecule has 1 aromatic rings. The molecule has 0 radical (unpaired) electrons. The quantitative estimate of drug-likeness (QED) is 0.707. The van der Waals surface area contributed by atoms with Crippen LogP contribution in [-0.4, -0.2) is 26.0 Å². The first kappa shape index (κ1) is 15.7. The molecule has 0 bridgehead atoms. The summed E-state index contributed by atoms with van der Waals surface area (Å²) in [5.41, 5.74) is 2.52. The van der Waals surface area contributed by atoms with Gasteiger partial charge in [-0.2, -0.15) is 0 Å². The van der Waals surface area contributed by atoms with Gasteiger partial charge in [0.25, 0.3) is 0 Å². The van der Waals surface area contributed by atoms with E-state index in [1.165, 1.54) is 11.1 Å². The van der Waals surface area contributed by atoms with Gasteiger partial charge in [0.1, 0.15) is 0 Å². The lowest BCUT2D eigenvalue weighted by Gasteiger charge is -2.15. The Morgan fingerprint density at radius 1 is 1.21 bits per heavy atom. The van der Waals surface area contributed by atoms with Crippen molar-refractivity contribution < 1.29 is 4.79 Å². The molecule has 0 saturated heterocycles. The number of benzene rings is 1. The van der Waals surface area contributed by atoms with Crippen molar-refractivity contribution in [3.8, 4) is 0 Å². The Labute approximate surface area is 116 Å². The van der Waals surface area contributed by atoms with Gasteiger partial charge in [-0.1, -0.05) is 36.8 Å². The SMILES string of the molecule is CCC(CC(=O)NCCCNC)c1ccc(C)cc1. The van der Waals surface area contributed by atoms with E-state index in [1.54, 1.807) is 0 Å². The van der Waals surface area contributed by atoms with E-state index in [9.17, 15) is 4.79 Å². The maximum Gasteiger partial charge on any atom is 0.220 e. The molecule has 1 atom stereocenters. The van der Waals surface area contributed by atoms with Crippen molar-refractivity contribution in [3.63, 3.8) is 0 Å². The first-order chi connectivity index (χ1) is 9.17. The molecule has 19 heavy (non-hydrogen) atoms. The molecule has 0 saturated carbocycles. The van der Waals surface area contributed by atoms with E-state index in [1.807, 2.05) is 7.05 Å². The molecular weight excluding hydrogens is 236 g/mol. The third-order valence-electron chi connectivity index (χ3n) is 3.40. The molecule has 3 heteroatoms. The lowest BCUT2D eigenvalue weighted by atomic mass is 9.92. The van der Waals surface area contributed by atoms with Crippen LogP contribution >= 0.6 is 0 Å². The summed E-state index contributed by atoms with van der Waals surface area (Å²) in [6, 6.07) is 8.50. The summed E-state index contributed by atoms with van der Waals surface area (Å²) >= 11 is 0. The molecule has 1 amide bonds. The van der Waals surface area contributed by atoms with E-state index in [4.69, 9.17) is 0 Å². The lowest BCUT2D eigenvalue weighted by Crippen LogP contribution is -2.27. The van der Waals surface area contributed by atoms with Gasteiger partial charge >= 0.3 is 0 Å². The number of aryl methyl sites for hydroxylation is 1. The second-order valence-electron chi connectivity index (χ2n) is 5.03. The molecule has 0 aliphatic rings. The Balaban J connectivity index is 2.43. The predicted octanol–water partition coefficient (Wildman–Crippen LogP) is 2.60. The molecule has 1 aromatic carbocycles. The van der Waals surface area contributed by atoms with Crippen molar-refractivity contribution >= 4 is 5.91 Å². The monoisotopic (exact) mass is 262 g/mol. The van der Waals surface area contributed by atoms with Gasteiger partial charge in [0.15, 0.2) is 0 Å². The second kappa shape index (κ2) is 8.70. The van der Waals surface area contributed by atoms with Crippen LogP contribution in [0.5, 0.6) is 0 Å². The molecule has 0 aliphatic carbocycles. The largest absolute Gasteiger partial charge is 0.356 e. The van der Waals surface area contributed by atoms with Gasteiger partial charge in [0.2, 0.25) is 5.91 Å². The highest BCUT2D eigenvalue weighted by Gasteiger charge is 2.13. The fourth-order valence-electron chi connectivity index (χ4n) is 2.13. The average Bonchev–Trinajstić information content (AvgIpc) is 2.42. The van der Waals surface area contributed by atoms with Crippen molar-refractivity contribution in [1.82, 2.24) is 10.6 Å². The van der Waals surface area contributed by atoms with Crippen LogP contribution in [0, 0.1) is 6.92 Å². The zero-order chi connectivity index (χ0) is 14.1. The number of rotatable bonds is 8. The molecule has 0 fully saturated rings. The molecule has 0 aliphatic heterocycles. The molecule has 106 valence electrons. The smallest absolute Gasteiger partial charge is 0.220 e. The zero-order valence-electron chi connectivity index (χ0n) is 12.3. The summed E-state index contributed by atoms with van der Waals surface area (Å²) in [5.74, 6) is 0.480. The fourth-order valence-corrected chi connectivity index (χ4v) is 2.13. The maximum absolute atomic E-state index is 11.9. The van der Waals surface area contributed by atoms with Crippen molar-refractivity contribution in [2.75, 3.05) is 20.1 Å². The van der Waals surface area contributed by atoms with Crippen LogP contribution in [0.4, 0.5) is 0 Å². The van der Waals surface area contributed by atoms with Gasteiger partial charge in [-0.05, 0) is 44.8 Å². The lowest BCUT2D eigenvalue weighted by molar-refractivity contribution is -0.121. The van der Waals surface area contributed by atoms with Gasteiger partial charge in [0.05, 0.1) is 0 Å². The van der Waals surface area contributed by atoms with E-state index in [2.05, 4.69) is 48.7 Å². The summed E-state index contributed by atoms with van der Waals surface area (Å²) < 4.78 is 0. The Morgan fingerprint density at radius 2 is 1.89 bits per heavy atom. The Bertz CT molecular complexity index is 373. The summed E-state index contributed by atoms with van der Waals surface area (Å²) in [7, 11) is 1.92. The molecule has 2 N–H and O–H groups in total. The van der Waals surface area contributed by atoms with Crippen molar-refractivity contribution in [2.45, 2.75) is 39.0 Å². The topological polar surface area (TPSA) is 41.1 Å². The van der Waals surface area contributed by atoms with Crippen LogP contribution in [0.1, 0.15) is 43.2 Å². The molecule has 3 nitrogen and oxygen atoms in total. The summed E-state index contributed by atoms with van der Waals surface area (Å²) in [4.78, 5) is 11.9. The van der Waals surface area contributed by atoms with E-state index in [-0.39, 0.29) is 5.91 Å². The summed E-state index contributed by atoms with van der Waals surface area (Å²) in [6.45, 7) is 5.91. The van der Waals surface area contributed by atoms with Gasteiger partial charge in [-0.15, -0.1) is 0 Å². The normalized spacial score (nSPS) is 12.2. The standard InChI is InChI=1S/C16H26N2O/c1-4-14(15-8-6-13(2)7-9-15)12-16(19)18-11-5-10-17-3/h6-9,14,17H,4-5,10-12H2,1-3H3,(H,18,19). The predicted molar refractivity (Wildman–Crippen MR) is 80.4 cm³/mol. The molecule has 1 unspecified atom stereocenters. The van der Waals surface area contributed by atoms with Gasteiger partial charge in [0, 0.05) is 13.0 Å². The van der Waals surface area contributed by atoms with E-state index in [0.29, 0.717) is 12.3 Å². The fraction of sp³-hybridized carbons (Fsp3) is 0.562. The number of carbonyl (C=O) groups excluding carboxylic acids is 1. The Kier molecular flexibility index (Phi) is 7.19. The van der Waals surface area contributed by atoms with Crippen LogP contribution in [0.15, 0.2) is 24.3 Å². The highest BCUT2D eigenvalue weighted by Crippen LogP contribution is 2.23. The van der Waals surface area contributed by atoms with Crippen molar-refractivity contribution in [2.24, 2.45) is 0 Å². The minimum absolute atomic E-state index is 0.156. The van der Waals surface area contributed by atoms with Crippen LogP contribution in [-0.2, 0) is 4.79 Å². The Hall–Kier alpha value is -1.35. The van der Waals surface area contributed by atoms with Gasteiger partial charge in [-0.25, -0.2) is 0 Å². The minimum atomic E-state index is 0.156. The highest BCUT2D eigenvalue weighted by atomic mass is 16.1. The average molecular weight is 262 g/mol. The Morgan fingerprint density at radius 3 is 2.47 bits per heavy atom. The van der Waals surface area contributed by atoms with E-state index >= 15 is 0 Å². The van der Waals surface area contributed by atoms with E-state index < -0.39 is 0 Å². The third kappa shape index (κ3) is 5.88. The van der Waals surface area contributed by atoms with E-state index in [0.717, 1.165) is 25.9 Å². The van der Waals surface area contributed by atoms with Crippen LogP contribution in [0.2, 0.25) is 0 Å². The first-order valence-electron chi connectivity index (χ1n) is 7.15.